The predicted molar refractivity (Wildman–Crippen MR) is 151 cm³/mol. The van der Waals surface area contributed by atoms with E-state index in [0.29, 0.717) is 50.7 Å². The molecule has 1 saturated heterocycles. The molecule has 11 heteroatoms. The lowest BCUT2D eigenvalue weighted by Crippen LogP contribution is -2.30. The van der Waals surface area contributed by atoms with Crippen molar-refractivity contribution < 1.29 is 13.9 Å². The Morgan fingerprint density at radius 2 is 1.87 bits per heavy atom. The number of aromatic nitrogens is 2. The van der Waals surface area contributed by atoms with E-state index in [-0.39, 0.29) is 28.6 Å². The molecule has 0 saturated carbocycles. The molecule has 0 unspecified atom stereocenters. The lowest BCUT2D eigenvalue weighted by Gasteiger charge is -2.23. The van der Waals surface area contributed by atoms with Crippen molar-refractivity contribution in [1.29, 1.82) is 5.26 Å². The van der Waals surface area contributed by atoms with Crippen molar-refractivity contribution in [3.05, 3.63) is 80.9 Å². The van der Waals surface area contributed by atoms with Gasteiger partial charge in [0.15, 0.2) is 11.6 Å². The van der Waals surface area contributed by atoms with Gasteiger partial charge in [-0.2, -0.15) is 5.26 Å². The van der Waals surface area contributed by atoms with E-state index < -0.39 is 5.82 Å². The number of fused-ring (bicyclic) bond motifs is 1. The highest BCUT2D eigenvalue weighted by molar-refractivity contribution is 6.34. The number of pyridine rings is 2. The molecule has 1 aliphatic rings. The van der Waals surface area contributed by atoms with E-state index in [2.05, 4.69) is 26.7 Å². The van der Waals surface area contributed by atoms with E-state index in [1.165, 1.54) is 18.3 Å². The molecule has 4 aromatic rings. The summed E-state index contributed by atoms with van der Waals surface area (Å²) in [7, 11) is 0. The van der Waals surface area contributed by atoms with Gasteiger partial charge in [-0.1, -0.05) is 40.9 Å². The summed E-state index contributed by atoms with van der Waals surface area (Å²) in [6, 6.07) is 13.2. The van der Waals surface area contributed by atoms with E-state index in [4.69, 9.17) is 44.3 Å². The van der Waals surface area contributed by atoms with Crippen LogP contribution in [0.25, 0.3) is 10.9 Å². The number of piperidine rings is 1. The molecule has 2 N–H and O–H groups in total. The van der Waals surface area contributed by atoms with Gasteiger partial charge in [0.25, 0.3) is 0 Å². The zero-order chi connectivity index (χ0) is 27.4. The Kier molecular flexibility index (Phi) is 8.53. The van der Waals surface area contributed by atoms with Crippen LogP contribution in [0.5, 0.6) is 11.5 Å². The van der Waals surface area contributed by atoms with Crippen molar-refractivity contribution in [3.8, 4) is 17.6 Å². The van der Waals surface area contributed by atoms with Crippen LogP contribution in [0.15, 0.2) is 48.7 Å². The highest BCUT2D eigenvalue weighted by atomic mass is 35.5. The van der Waals surface area contributed by atoms with E-state index in [1.54, 1.807) is 30.3 Å². The summed E-state index contributed by atoms with van der Waals surface area (Å²) in [5.74, 6) is 0.277. The molecule has 3 heterocycles. The van der Waals surface area contributed by atoms with Crippen LogP contribution >= 0.6 is 34.8 Å². The molecule has 5 rings (SSSR count). The molecule has 0 aliphatic carbocycles. The summed E-state index contributed by atoms with van der Waals surface area (Å²) < 4.78 is 26.6. The smallest absolute Gasteiger partial charge is 0.167 e. The van der Waals surface area contributed by atoms with Gasteiger partial charge in [-0.05, 0) is 50.0 Å². The molecule has 0 spiro atoms. The summed E-state index contributed by atoms with van der Waals surface area (Å²) >= 11 is 19.0. The second kappa shape index (κ2) is 12.2. The number of anilines is 2. The number of hydrogen-bond acceptors (Lipinski definition) is 7. The first-order valence-electron chi connectivity index (χ1n) is 12.3. The number of nitrogens with one attached hydrogen (secondary N) is 2. The van der Waals surface area contributed by atoms with Gasteiger partial charge in [0.05, 0.1) is 44.8 Å². The Morgan fingerprint density at radius 3 is 2.64 bits per heavy atom. The minimum Gasteiger partial charge on any atom is -0.492 e. The van der Waals surface area contributed by atoms with Gasteiger partial charge in [0, 0.05) is 29.8 Å². The van der Waals surface area contributed by atoms with E-state index in [0.717, 1.165) is 25.9 Å². The first-order chi connectivity index (χ1) is 18.9. The second-order valence-electron chi connectivity index (χ2n) is 9.09. The molecule has 0 amide bonds. The molecule has 1 fully saturated rings. The quantitative estimate of drug-likeness (QED) is 0.209. The van der Waals surface area contributed by atoms with Crippen molar-refractivity contribution >= 4 is 57.1 Å². The van der Waals surface area contributed by atoms with Gasteiger partial charge < -0.3 is 20.1 Å². The van der Waals surface area contributed by atoms with Crippen LogP contribution < -0.4 is 20.1 Å². The molecule has 39 heavy (non-hydrogen) atoms. The maximum atomic E-state index is 15.0. The zero-order valence-electron chi connectivity index (χ0n) is 20.6. The molecule has 7 nitrogen and oxygen atoms in total. The summed E-state index contributed by atoms with van der Waals surface area (Å²) in [5, 5.41) is 17.6. The molecule has 2 aromatic heterocycles. The van der Waals surface area contributed by atoms with Crippen LogP contribution in [-0.2, 0) is 6.61 Å². The van der Waals surface area contributed by atoms with E-state index in [1.807, 2.05) is 0 Å². The first kappa shape index (κ1) is 27.2. The number of nitrogens with zero attached hydrogens (tertiary/aromatic N) is 3. The SMILES string of the molecule is N#Cc1cnc2cc(OCC3CCNCC3)c(Cl)cc2c1Nc1cc(F)c(OCc2cccc(Cl)n2)cc1Cl. The lowest BCUT2D eigenvalue weighted by molar-refractivity contribution is 0.215. The van der Waals surface area contributed by atoms with Crippen molar-refractivity contribution in [2.24, 2.45) is 5.92 Å². The fourth-order valence-corrected chi connectivity index (χ4v) is 4.93. The van der Waals surface area contributed by atoms with Gasteiger partial charge in [-0.3, -0.25) is 4.98 Å². The van der Waals surface area contributed by atoms with E-state index in [9.17, 15) is 9.65 Å². The largest absolute Gasteiger partial charge is 0.492 e. The minimum absolute atomic E-state index is 0.00863. The van der Waals surface area contributed by atoms with Gasteiger partial charge in [-0.25, -0.2) is 9.37 Å². The summed E-state index contributed by atoms with van der Waals surface area (Å²) in [4.78, 5) is 8.53. The third-order valence-corrected chi connectivity index (χ3v) is 7.22. The lowest BCUT2D eigenvalue weighted by atomic mass is 9.99. The Labute approximate surface area is 239 Å². The normalized spacial score (nSPS) is 13.7. The van der Waals surface area contributed by atoms with Gasteiger partial charge in [0.2, 0.25) is 0 Å². The maximum absolute atomic E-state index is 15.0. The van der Waals surface area contributed by atoms with Gasteiger partial charge in [-0.15, -0.1) is 0 Å². The number of hydrogen-bond donors (Lipinski definition) is 2. The van der Waals surface area contributed by atoms with Crippen LogP contribution in [0.1, 0.15) is 24.1 Å². The van der Waals surface area contributed by atoms with Gasteiger partial charge in [0.1, 0.15) is 23.6 Å². The topological polar surface area (TPSA) is 92.1 Å². The monoisotopic (exact) mass is 585 g/mol. The van der Waals surface area contributed by atoms with Crippen LogP contribution in [0.2, 0.25) is 15.2 Å². The summed E-state index contributed by atoms with van der Waals surface area (Å²) in [5.41, 5.74) is 1.98. The molecule has 200 valence electrons. The van der Waals surface area contributed by atoms with Crippen LogP contribution in [0.4, 0.5) is 15.8 Å². The molecule has 1 aliphatic heterocycles. The highest BCUT2D eigenvalue weighted by Crippen LogP contribution is 2.38. The highest BCUT2D eigenvalue weighted by Gasteiger charge is 2.18. The number of benzene rings is 2. The summed E-state index contributed by atoms with van der Waals surface area (Å²) in [6.45, 7) is 2.52. The average molecular weight is 587 g/mol. The third-order valence-electron chi connectivity index (χ3n) is 6.40. The van der Waals surface area contributed by atoms with Crippen molar-refractivity contribution in [2.75, 3.05) is 25.0 Å². The number of nitriles is 1. The van der Waals surface area contributed by atoms with Crippen LogP contribution in [0.3, 0.4) is 0 Å². The summed E-state index contributed by atoms with van der Waals surface area (Å²) in [6.07, 6.45) is 3.53. The fourth-order valence-electron chi connectivity index (χ4n) is 4.33. The zero-order valence-corrected chi connectivity index (χ0v) is 22.9. The second-order valence-corrected chi connectivity index (χ2v) is 10.3. The van der Waals surface area contributed by atoms with Crippen LogP contribution in [0, 0.1) is 23.1 Å². The third kappa shape index (κ3) is 6.45. The van der Waals surface area contributed by atoms with Crippen molar-refractivity contribution in [1.82, 2.24) is 15.3 Å². The van der Waals surface area contributed by atoms with Gasteiger partial charge >= 0.3 is 0 Å². The van der Waals surface area contributed by atoms with E-state index >= 15 is 0 Å². The standard InChI is InChI=1S/C28H23Cl3FN5O2/c29-20-9-26(39-15-18-2-1-3-27(31)36-18)22(32)10-24(20)37-28-17(12-33)13-35-23-11-25(21(30)8-19(23)28)38-14-16-4-6-34-7-5-16/h1-3,8-11,13,16,34H,4-7,14-15H2,(H,35,37). The molecule has 2 aromatic carbocycles. The van der Waals surface area contributed by atoms with Crippen molar-refractivity contribution in [2.45, 2.75) is 19.4 Å². The minimum atomic E-state index is -0.646. The average Bonchev–Trinajstić information content (AvgIpc) is 2.94. The predicted octanol–water partition coefficient (Wildman–Crippen LogP) is 7.30. The Hall–Kier alpha value is -3.35. The number of halogens is 4. The maximum Gasteiger partial charge on any atom is 0.167 e. The number of ether oxygens (including phenoxy) is 2. The molecular weight excluding hydrogens is 564 g/mol. The molecule has 0 atom stereocenters. The Bertz CT molecular complexity index is 1560. The molecular formula is C28H23Cl3FN5O2. The van der Waals surface area contributed by atoms with Crippen LogP contribution in [-0.4, -0.2) is 29.7 Å². The Morgan fingerprint density at radius 1 is 1.05 bits per heavy atom. The molecule has 0 bridgehead atoms. The van der Waals surface area contributed by atoms with Crippen molar-refractivity contribution in [3.63, 3.8) is 0 Å². The fraction of sp³-hybridized carbons (Fsp3) is 0.250. The molecule has 0 radical (unpaired) electrons. The number of rotatable bonds is 8. The first-order valence-corrected chi connectivity index (χ1v) is 13.4. The Balaban J connectivity index is 1.39.